The second-order valence-electron chi connectivity index (χ2n) is 5.16. The van der Waals surface area contributed by atoms with Crippen molar-refractivity contribution < 1.29 is 19.0 Å². The first-order valence-corrected chi connectivity index (χ1v) is 7.22. The van der Waals surface area contributed by atoms with Gasteiger partial charge in [-0.1, -0.05) is 0 Å². The summed E-state index contributed by atoms with van der Waals surface area (Å²) in [5, 5.41) is 2.86. The van der Waals surface area contributed by atoms with E-state index in [1.165, 1.54) is 21.3 Å². The van der Waals surface area contributed by atoms with Gasteiger partial charge in [-0.05, 0) is 26.0 Å². The van der Waals surface area contributed by atoms with Gasteiger partial charge < -0.3 is 24.1 Å². The Morgan fingerprint density at radius 1 is 1.00 bits per heavy atom. The molecule has 0 aliphatic carbocycles. The summed E-state index contributed by atoms with van der Waals surface area (Å²) in [6.45, 7) is 4.20. The van der Waals surface area contributed by atoms with Crippen molar-refractivity contribution in [2.75, 3.05) is 26.6 Å². The van der Waals surface area contributed by atoms with E-state index in [0.29, 0.717) is 22.9 Å². The Kier molecular flexibility index (Phi) is 5.16. The molecule has 0 spiro atoms. The minimum atomic E-state index is -0.123. The Bertz CT molecular complexity index is 662. The van der Waals surface area contributed by atoms with Gasteiger partial charge in [0, 0.05) is 29.2 Å². The maximum Gasteiger partial charge on any atom is 0.244 e. The molecule has 0 fully saturated rings. The number of amides is 1. The molecule has 124 valence electrons. The monoisotopic (exact) mass is 318 g/mol. The summed E-state index contributed by atoms with van der Waals surface area (Å²) in [5.41, 5.74) is 2.68. The van der Waals surface area contributed by atoms with Gasteiger partial charge in [-0.25, -0.2) is 0 Å². The molecule has 1 aromatic carbocycles. The van der Waals surface area contributed by atoms with Gasteiger partial charge in [-0.2, -0.15) is 0 Å². The summed E-state index contributed by atoms with van der Waals surface area (Å²) in [7, 11) is 4.61. The van der Waals surface area contributed by atoms with Crippen LogP contribution >= 0.6 is 0 Å². The molecule has 0 saturated heterocycles. The first kappa shape index (κ1) is 16.7. The van der Waals surface area contributed by atoms with Crippen LogP contribution in [0.15, 0.2) is 24.3 Å². The summed E-state index contributed by atoms with van der Waals surface area (Å²) in [6.07, 6.45) is 0. The molecule has 0 bridgehead atoms. The number of methoxy groups -OCH3 is 3. The number of nitrogens with one attached hydrogen (secondary N) is 1. The first-order chi connectivity index (χ1) is 11.0. The third kappa shape index (κ3) is 3.59. The van der Waals surface area contributed by atoms with Gasteiger partial charge >= 0.3 is 0 Å². The second-order valence-corrected chi connectivity index (χ2v) is 5.16. The summed E-state index contributed by atoms with van der Waals surface area (Å²) in [6, 6.07) is 7.38. The van der Waals surface area contributed by atoms with Crippen LogP contribution in [0.4, 0.5) is 5.69 Å². The van der Waals surface area contributed by atoms with Crippen LogP contribution in [0.1, 0.15) is 11.4 Å². The van der Waals surface area contributed by atoms with Gasteiger partial charge in [-0.15, -0.1) is 0 Å². The molecule has 6 nitrogen and oxygen atoms in total. The highest BCUT2D eigenvalue weighted by atomic mass is 16.5. The number of rotatable bonds is 6. The van der Waals surface area contributed by atoms with Crippen LogP contribution in [0.25, 0.3) is 0 Å². The van der Waals surface area contributed by atoms with Crippen LogP contribution in [0.3, 0.4) is 0 Å². The highest BCUT2D eigenvalue weighted by Crippen LogP contribution is 2.39. The van der Waals surface area contributed by atoms with Crippen LogP contribution < -0.4 is 19.5 Å². The van der Waals surface area contributed by atoms with E-state index in [2.05, 4.69) is 5.32 Å². The predicted octanol–water partition coefficient (Wildman–Crippen LogP) is 2.77. The molecule has 0 aliphatic rings. The number of hydrogen-bond donors (Lipinski definition) is 1. The predicted molar refractivity (Wildman–Crippen MR) is 88.6 cm³/mol. The fourth-order valence-corrected chi connectivity index (χ4v) is 2.45. The minimum absolute atomic E-state index is 0.123. The lowest BCUT2D eigenvalue weighted by molar-refractivity contribution is -0.116. The average Bonchev–Trinajstić information content (AvgIpc) is 2.85. The molecule has 0 aliphatic heterocycles. The molecular weight excluding hydrogens is 296 g/mol. The van der Waals surface area contributed by atoms with Crippen molar-refractivity contribution in [3.63, 3.8) is 0 Å². The Morgan fingerprint density at radius 3 is 1.96 bits per heavy atom. The minimum Gasteiger partial charge on any atom is -0.493 e. The third-order valence-corrected chi connectivity index (χ3v) is 3.67. The fraction of sp³-hybridized carbons (Fsp3) is 0.353. The van der Waals surface area contributed by atoms with Crippen LogP contribution in [0.2, 0.25) is 0 Å². The second kappa shape index (κ2) is 7.09. The van der Waals surface area contributed by atoms with Crippen molar-refractivity contribution in [3.05, 3.63) is 35.7 Å². The molecule has 2 rings (SSSR count). The van der Waals surface area contributed by atoms with Crippen molar-refractivity contribution in [3.8, 4) is 17.2 Å². The summed E-state index contributed by atoms with van der Waals surface area (Å²) < 4.78 is 17.8. The van der Waals surface area contributed by atoms with Gasteiger partial charge in [0.25, 0.3) is 0 Å². The van der Waals surface area contributed by atoms with E-state index in [0.717, 1.165) is 11.4 Å². The van der Waals surface area contributed by atoms with Gasteiger partial charge in [0.05, 0.1) is 21.3 Å². The Balaban J connectivity index is 2.21. The maximum atomic E-state index is 12.3. The van der Waals surface area contributed by atoms with E-state index in [1.807, 2.05) is 30.5 Å². The highest BCUT2D eigenvalue weighted by Gasteiger charge is 2.15. The quantitative estimate of drug-likeness (QED) is 0.889. The Hall–Kier alpha value is -2.63. The molecule has 23 heavy (non-hydrogen) atoms. The van der Waals surface area contributed by atoms with Crippen molar-refractivity contribution >= 4 is 11.6 Å². The van der Waals surface area contributed by atoms with Gasteiger partial charge in [0.1, 0.15) is 6.54 Å². The zero-order valence-electron chi connectivity index (χ0n) is 14.1. The van der Waals surface area contributed by atoms with Crippen LogP contribution in [0.5, 0.6) is 17.2 Å². The van der Waals surface area contributed by atoms with Gasteiger partial charge in [-0.3, -0.25) is 4.79 Å². The standard InChI is InChI=1S/C17H22N2O4/c1-11-6-7-12(2)19(11)10-16(20)18-13-8-14(21-3)17(23-5)15(9-13)22-4/h6-9H,10H2,1-5H3,(H,18,20). The van der Waals surface area contributed by atoms with E-state index in [1.54, 1.807) is 12.1 Å². The zero-order chi connectivity index (χ0) is 17.0. The van der Waals surface area contributed by atoms with E-state index in [4.69, 9.17) is 14.2 Å². The van der Waals surface area contributed by atoms with Crippen molar-refractivity contribution in [2.45, 2.75) is 20.4 Å². The van der Waals surface area contributed by atoms with E-state index < -0.39 is 0 Å². The molecule has 0 unspecified atom stereocenters. The highest BCUT2D eigenvalue weighted by molar-refractivity contribution is 5.91. The van der Waals surface area contributed by atoms with E-state index >= 15 is 0 Å². The average molecular weight is 318 g/mol. The number of carbonyl (C=O) groups is 1. The molecule has 2 aromatic rings. The molecule has 1 N–H and O–H groups in total. The van der Waals surface area contributed by atoms with Crippen LogP contribution in [-0.2, 0) is 11.3 Å². The Morgan fingerprint density at radius 2 is 1.52 bits per heavy atom. The molecular formula is C17H22N2O4. The number of carbonyl (C=O) groups excluding carboxylic acids is 1. The SMILES string of the molecule is COc1cc(NC(=O)Cn2c(C)ccc2C)cc(OC)c1OC. The third-order valence-electron chi connectivity index (χ3n) is 3.67. The largest absolute Gasteiger partial charge is 0.493 e. The first-order valence-electron chi connectivity index (χ1n) is 7.22. The topological polar surface area (TPSA) is 61.7 Å². The van der Waals surface area contributed by atoms with E-state index in [-0.39, 0.29) is 12.5 Å². The molecule has 0 saturated carbocycles. The Labute approximate surface area is 136 Å². The number of benzene rings is 1. The number of aromatic nitrogens is 1. The molecule has 1 heterocycles. The molecule has 6 heteroatoms. The van der Waals surface area contributed by atoms with Gasteiger partial charge in [0.2, 0.25) is 11.7 Å². The molecule has 0 radical (unpaired) electrons. The summed E-state index contributed by atoms with van der Waals surface area (Å²) >= 11 is 0. The molecule has 0 atom stereocenters. The zero-order valence-corrected chi connectivity index (χ0v) is 14.1. The van der Waals surface area contributed by atoms with Crippen LogP contribution in [-0.4, -0.2) is 31.8 Å². The number of aryl methyl sites for hydroxylation is 2. The van der Waals surface area contributed by atoms with Gasteiger partial charge in [0.15, 0.2) is 11.5 Å². The fourth-order valence-electron chi connectivity index (χ4n) is 2.45. The van der Waals surface area contributed by atoms with Crippen molar-refractivity contribution in [2.24, 2.45) is 0 Å². The van der Waals surface area contributed by atoms with Crippen molar-refractivity contribution in [1.29, 1.82) is 0 Å². The molecule has 1 amide bonds. The lowest BCUT2D eigenvalue weighted by Gasteiger charge is -2.15. The number of ether oxygens (including phenoxy) is 3. The normalized spacial score (nSPS) is 10.3. The lowest BCUT2D eigenvalue weighted by Crippen LogP contribution is -2.20. The number of hydrogen-bond acceptors (Lipinski definition) is 4. The summed E-state index contributed by atoms with van der Waals surface area (Å²) in [5.74, 6) is 1.36. The van der Waals surface area contributed by atoms with Crippen molar-refractivity contribution in [1.82, 2.24) is 4.57 Å². The maximum absolute atomic E-state index is 12.3. The summed E-state index contributed by atoms with van der Waals surface area (Å²) in [4.78, 5) is 12.3. The van der Waals surface area contributed by atoms with Crippen LogP contribution in [0, 0.1) is 13.8 Å². The molecule has 1 aromatic heterocycles. The van der Waals surface area contributed by atoms with E-state index in [9.17, 15) is 4.79 Å². The number of nitrogens with zero attached hydrogens (tertiary/aromatic N) is 1. The smallest absolute Gasteiger partial charge is 0.244 e. The number of anilines is 1. The lowest BCUT2D eigenvalue weighted by atomic mass is 10.2.